The first-order chi connectivity index (χ1) is 12.8. The third-order valence-electron chi connectivity index (χ3n) is 4.03. The maximum Gasteiger partial charge on any atom is 0.142 e. The van der Waals surface area contributed by atoms with Crippen molar-refractivity contribution in [3.63, 3.8) is 0 Å². The fourth-order valence-electron chi connectivity index (χ4n) is 2.76. The van der Waals surface area contributed by atoms with Crippen LogP contribution < -0.4 is 5.73 Å². The van der Waals surface area contributed by atoms with Crippen molar-refractivity contribution < 1.29 is 0 Å². The molecule has 2 N–H and O–H groups in total. The average Bonchev–Trinajstić information content (AvgIpc) is 3.19. The molecule has 0 fully saturated rings. The zero-order valence-electron chi connectivity index (χ0n) is 13.7. The van der Waals surface area contributed by atoms with Gasteiger partial charge in [-0.25, -0.2) is 9.67 Å². The van der Waals surface area contributed by atoms with Gasteiger partial charge in [0.05, 0.1) is 17.6 Å². The Morgan fingerprint density at radius 1 is 1.00 bits per heavy atom. The fraction of sp³-hybridized carbons (Fsp3) is 0. The topological polar surface area (TPSA) is 93.4 Å². The van der Waals surface area contributed by atoms with Gasteiger partial charge < -0.3 is 5.73 Å². The zero-order chi connectivity index (χ0) is 17.9. The van der Waals surface area contributed by atoms with E-state index in [2.05, 4.69) is 21.1 Å². The zero-order valence-corrected chi connectivity index (χ0v) is 13.7. The first-order valence-electron chi connectivity index (χ1n) is 7.98. The lowest BCUT2D eigenvalue weighted by atomic mass is 10.0. The summed E-state index contributed by atoms with van der Waals surface area (Å²) in [6.07, 6.45) is 7.00. The number of nitrogens with two attached hydrogens (primary N) is 1. The van der Waals surface area contributed by atoms with E-state index >= 15 is 0 Å². The number of hydrogen-bond acceptors (Lipinski definition) is 5. The van der Waals surface area contributed by atoms with Gasteiger partial charge in [0.25, 0.3) is 0 Å². The van der Waals surface area contributed by atoms with Crippen molar-refractivity contribution in [2.45, 2.75) is 0 Å². The SMILES string of the molecule is N#Cc1c(-c2cnn(-c3ccccc3)c2)cc(-c2cccnc2)nc1N. The summed E-state index contributed by atoms with van der Waals surface area (Å²) < 4.78 is 1.76. The third kappa shape index (κ3) is 2.78. The van der Waals surface area contributed by atoms with E-state index in [0.717, 1.165) is 16.8 Å². The molecule has 6 heteroatoms. The normalized spacial score (nSPS) is 10.4. The number of pyridine rings is 2. The Kier molecular flexibility index (Phi) is 3.88. The maximum absolute atomic E-state index is 9.54. The first-order valence-corrected chi connectivity index (χ1v) is 7.98. The van der Waals surface area contributed by atoms with Crippen LogP contribution in [0.3, 0.4) is 0 Å². The molecule has 6 nitrogen and oxygen atoms in total. The number of nitriles is 1. The quantitative estimate of drug-likeness (QED) is 0.617. The van der Waals surface area contributed by atoms with Crippen molar-refractivity contribution >= 4 is 5.82 Å². The molecule has 26 heavy (non-hydrogen) atoms. The van der Waals surface area contributed by atoms with E-state index in [4.69, 9.17) is 5.73 Å². The van der Waals surface area contributed by atoms with Crippen LogP contribution in [0.25, 0.3) is 28.1 Å². The van der Waals surface area contributed by atoms with Crippen LogP contribution in [0.5, 0.6) is 0 Å². The molecule has 124 valence electrons. The standard InChI is InChI=1S/C20H14N6/c21-10-18-17(9-19(25-20(18)22)14-5-4-8-23-11-14)15-12-24-26(13-15)16-6-2-1-3-7-16/h1-9,11-13H,(H2,22,25). The number of nitrogens with zero attached hydrogens (tertiary/aromatic N) is 5. The number of hydrogen-bond donors (Lipinski definition) is 1. The fourth-order valence-corrected chi connectivity index (χ4v) is 2.76. The molecule has 0 aliphatic rings. The molecule has 0 aliphatic heterocycles. The molecule has 0 saturated heterocycles. The van der Waals surface area contributed by atoms with Crippen molar-refractivity contribution in [2.75, 3.05) is 5.73 Å². The Morgan fingerprint density at radius 2 is 1.85 bits per heavy atom. The van der Waals surface area contributed by atoms with E-state index in [0.29, 0.717) is 16.8 Å². The van der Waals surface area contributed by atoms with E-state index < -0.39 is 0 Å². The molecule has 3 aromatic heterocycles. The minimum atomic E-state index is 0.191. The predicted molar refractivity (Wildman–Crippen MR) is 99.2 cm³/mol. The molecule has 0 atom stereocenters. The lowest BCUT2D eigenvalue weighted by Crippen LogP contribution is -1.99. The third-order valence-corrected chi connectivity index (χ3v) is 4.03. The molecule has 1 aromatic carbocycles. The Morgan fingerprint density at radius 3 is 2.58 bits per heavy atom. The highest BCUT2D eigenvalue weighted by Gasteiger charge is 2.15. The molecule has 3 heterocycles. The second-order valence-corrected chi connectivity index (χ2v) is 5.68. The van der Waals surface area contributed by atoms with Gasteiger partial charge in [0.2, 0.25) is 0 Å². The molecular weight excluding hydrogens is 324 g/mol. The largest absolute Gasteiger partial charge is 0.383 e. The molecule has 0 saturated carbocycles. The van der Waals surface area contributed by atoms with Crippen LogP contribution in [0.15, 0.2) is 73.3 Å². The van der Waals surface area contributed by atoms with Crippen LogP contribution in [-0.2, 0) is 0 Å². The van der Waals surface area contributed by atoms with Gasteiger partial charge in [-0.1, -0.05) is 18.2 Å². The number of benzene rings is 1. The van der Waals surface area contributed by atoms with Gasteiger partial charge in [-0.2, -0.15) is 10.4 Å². The number of nitrogen functional groups attached to an aromatic ring is 1. The van der Waals surface area contributed by atoms with Crippen molar-refractivity contribution in [3.05, 3.63) is 78.9 Å². The summed E-state index contributed by atoms with van der Waals surface area (Å²) in [5, 5.41) is 13.9. The summed E-state index contributed by atoms with van der Waals surface area (Å²) in [5.74, 6) is 0.191. The van der Waals surface area contributed by atoms with Crippen molar-refractivity contribution in [1.29, 1.82) is 5.26 Å². The number of aromatic nitrogens is 4. The second-order valence-electron chi connectivity index (χ2n) is 5.68. The molecule has 0 unspecified atom stereocenters. The highest BCUT2D eigenvalue weighted by molar-refractivity contribution is 5.79. The molecule has 4 rings (SSSR count). The lowest BCUT2D eigenvalue weighted by Gasteiger charge is -2.08. The molecule has 0 aliphatic carbocycles. The Labute approximate surface area is 150 Å². The molecule has 0 radical (unpaired) electrons. The van der Waals surface area contributed by atoms with Gasteiger partial charge in [-0.15, -0.1) is 0 Å². The molecular formula is C20H14N6. The second kappa shape index (κ2) is 6.49. The highest BCUT2D eigenvalue weighted by Crippen LogP contribution is 2.31. The highest BCUT2D eigenvalue weighted by atomic mass is 15.3. The van der Waals surface area contributed by atoms with Gasteiger partial charge in [0.15, 0.2) is 0 Å². The van der Waals surface area contributed by atoms with E-state index in [-0.39, 0.29) is 5.82 Å². The van der Waals surface area contributed by atoms with E-state index in [1.807, 2.05) is 54.7 Å². The monoisotopic (exact) mass is 338 g/mol. The lowest BCUT2D eigenvalue weighted by molar-refractivity contribution is 0.881. The Bertz CT molecular complexity index is 1090. The molecule has 0 spiro atoms. The minimum absolute atomic E-state index is 0.191. The van der Waals surface area contributed by atoms with Gasteiger partial charge >= 0.3 is 0 Å². The smallest absolute Gasteiger partial charge is 0.142 e. The number of rotatable bonds is 3. The van der Waals surface area contributed by atoms with E-state index in [9.17, 15) is 5.26 Å². The van der Waals surface area contributed by atoms with Crippen LogP contribution in [0.1, 0.15) is 5.56 Å². The average molecular weight is 338 g/mol. The summed E-state index contributed by atoms with van der Waals surface area (Å²) in [6, 6.07) is 17.5. The predicted octanol–water partition coefficient (Wildman–Crippen LogP) is 3.45. The molecule has 4 aromatic rings. The van der Waals surface area contributed by atoms with Gasteiger partial charge in [0, 0.05) is 35.3 Å². The molecule has 0 amide bonds. The summed E-state index contributed by atoms with van der Waals surface area (Å²) in [5.41, 5.74) is 10.3. The maximum atomic E-state index is 9.54. The van der Waals surface area contributed by atoms with Crippen LogP contribution in [0.2, 0.25) is 0 Å². The Balaban J connectivity index is 1.85. The van der Waals surface area contributed by atoms with Crippen LogP contribution in [-0.4, -0.2) is 19.7 Å². The van der Waals surface area contributed by atoms with E-state index in [1.165, 1.54) is 0 Å². The summed E-state index contributed by atoms with van der Waals surface area (Å²) >= 11 is 0. The summed E-state index contributed by atoms with van der Waals surface area (Å²) in [6.45, 7) is 0. The van der Waals surface area contributed by atoms with Gasteiger partial charge in [-0.05, 0) is 30.3 Å². The van der Waals surface area contributed by atoms with Crippen LogP contribution in [0, 0.1) is 11.3 Å². The number of para-hydroxylation sites is 1. The van der Waals surface area contributed by atoms with Crippen molar-refractivity contribution in [2.24, 2.45) is 0 Å². The molecule has 0 bridgehead atoms. The Hall–Kier alpha value is -3.98. The minimum Gasteiger partial charge on any atom is -0.383 e. The van der Waals surface area contributed by atoms with Crippen molar-refractivity contribution in [3.8, 4) is 34.1 Å². The summed E-state index contributed by atoms with van der Waals surface area (Å²) in [7, 11) is 0. The van der Waals surface area contributed by atoms with Gasteiger partial charge in [0.1, 0.15) is 17.5 Å². The summed E-state index contributed by atoms with van der Waals surface area (Å²) in [4.78, 5) is 8.47. The van der Waals surface area contributed by atoms with Crippen molar-refractivity contribution in [1.82, 2.24) is 19.7 Å². The number of anilines is 1. The first kappa shape index (κ1) is 15.5. The van der Waals surface area contributed by atoms with E-state index in [1.54, 1.807) is 23.3 Å². The van der Waals surface area contributed by atoms with Crippen LogP contribution >= 0.6 is 0 Å². The van der Waals surface area contributed by atoms with Gasteiger partial charge in [-0.3, -0.25) is 4.98 Å². The van der Waals surface area contributed by atoms with Crippen LogP contribution in [0.4, 0.5) is 5.82 Å².